The van der Waals surface area contributed by atoms with Crippen LogP contribution in [0.3, 0.4) is 0 Å². The second kappa shape index (κ2) is 11.6. The molecule has 0 aliphatic carbocycles. The predicted molar refractivity (Wildman–Crippen MR) is 154 cm³/mol. The summed E-state index contributed by atoms with van der Waals surface area (Å²) in [4.78, 5) is 45.3. The topological polar surface area (TPSA) is 87.2 Å². The first-order chi connectivity index (χ1) is 19.0. The number of ether oxygens (including phenoxy) is 1. The minimum atomic E-state index is -0.692. The van der Waals surface area contributed by atoms with Crippen LogP contribution in [-0.4, -0.2) is 70.1 Å². The average molecular weight is 549 g/mol. The molecule has 3 fully saturated rings. The first kappa shape index (κ1) is 27.5. The fourth-order valence-electron chi connectivity index (χ4n) is 6.69. The maximum absolute atomic E-state index is 14.6. The number of aliphatic hydroxyl groups excluding tert-OH is 1. The zero-order chi connectivity index (χ0) is 27.6. The molecule has 2 aromatic carbocycles. The lowest BCUT2D eigenvalue weighted by atomic mass is 9.71. The van der Waals surface area contributed by atoms with Crippen molar-refractivity contribution in [2.75, 3.05) is 31.2 Å². The minimum absolute atomic E-state index is 0.0448. The summed E-state index contributed by atoms with van der Waals surface area (Å²) in [6.45, 7) is 8.44. The van der Waals surface area contributed by atoms with Gasteiger partial charge >= 0.3 is 5.97 Å². The molecular weight excluding hydrogens is 512 g/mol. The average Bonchev–Trinajstić information content (AvgIpc) is 3.59. The van der Waals surface area contributed by atoms with Crippen molar-refractivity contribution in [2.24, 2.45) is 11.8 Å². The van der Waals surface area contributed by atoms with Gasteiger partial charge in [-0.3, -0.25) is 14.4 Å². The van der Waals surface area contributed by atoms with E-state index in [0.717, 1.165) is 29.3 Å². The molecular formula is C31H36N2O5S. The Bertz CT molecular complexity index is 1280. The van der Waals surface area contributed by atoms with Gasteiger partial charge in [-0.05, 0) is 55.0 Å². The van der Waals surface area contributed by atoms with Crippen molar-refractivity contribution in [3.05, 3.63) is 67.8 Å². The number of fused-ring (bicyclic) bond motifs is 2. The number of carbonyl (C=O) groups excluding carboxylic acids is 3. The summed E-state index contributed by atoms with van der Waals surface area (Å²) in [6.07, 6.45) is 6.77. The molecule has 206 valence electrons. The summed E-state index contributed by atoms with van der Waals surface area (Å²) >= 11 is 1.64. The number of rotatable bonds is 12. The van der Waals surface area contributed by atoms with Crippen LogP contribution < -0.4 is 4.90 Å². The summed E-state index contributed by atoms with van der Waals surface area (Å²) < 4.78 is 4.77. The van der Waals surface area contributed by atoms with Crippen molar-refractivity contribution in [1.82, 2.24) is 4.90 Å². The molecule has 2 bridgehead atoms. The van der Waals surface area contributed by atoms with Gasteiger partial charge < -0.3 is 19.6 Å². The van der Waals surface area contributed by atoms with E-state index in [9.17, 15) is 19.5 Å². The molecule has 39 heavy (non-hydrogen) atoms. The predicted octanol–water partition coefficient (Wildman–Crippen LogP) is 4.34. The molecule has 0 aromatic heterocycles. The van der Waals surface area contributed by atoms with Crippen molar-refractivity contribution < 1.29 is 24.2 Å². The molecule has 0 radical (unpaired) electrons. The molecule has 2 aromatic rings. The maximum Gasteiger partial charge on any atom is 0.311 e. The Labute approximate surface area is 233 Å². The highest BCUT2D eigenvalue weighted by Crippen LogP contribution is 2.66. The van der Waals surface area contributed by atoms with E-state index < -0.39 is 22.6 Å². The van der Waals surface area contributed by atoms with Crippen LogP contribution in [0.1, 0.15) is 32.1 Å². The maximum atomic E-state index is 14.6. The first-order valence-corrected chi connectivity index (χ1v) is 14.6. The van der Waals surface area contributed by atoms with E-state index in [4.69, 9.17) is 4.74 Å². The molecule has 7 nitrogen and oxygen atoms in total. The van der Waals surface area contributed by atoms with E-state index in [2.05, 4.69) is 13.2 Å². The molecule has 3 heterocycles. The Hall–Kier alpha value is -3.10. The van der Waals surface area contributed by atoms with Gasteiger partial charge in [-0.15, -0.1) is 18.3 Å². The fraction of sp³-hybridized carbons (Fsp3) is 0.452. The highest BCUT2D eigenvalue weighted by Gasteiger charge is 2.74. The molecule has 3 saturated heterocycles. The number of carbonyl (C=O) groups is 3. The Morgan fingerprint density at radius 2 is 1.92 bits per heavy atom. The van der Waals surface area contributed by atoms with Crippen molar-refractivity contribution in [3.63, 3.8) is 0 Å². The highest BCUT2D eigenvalue weighted by atomic mass is 32.2. The zero-order valence-corrected chi connectivity index (χ0v) is 23.0. The van der Waals surface area contributed by atoms with E-state index >= 15 is 0 Å². The van der Waals surface area contributed by atoms with Gasteiger partial charge in [-0.25, -0.2) is 0 Å². The lowest BCUT2D eigenvalue weighted by Gasteiger charge is -2.37. The first-order valence-electron chi connectivity index (χ1n) is 13.7. The van der Waals surface area contributed by atoms with E-state index in [0.29, 0.717) is 32.4 Å². The second-order valence-electron chi connectivity index (χ2n) is 10.6. The zero-order valence-electron chi connectivity index (χ0n) is 22.2. The van der Waals surface area contributed by atoms with Gasteiger partial charge in [0.05, 0.1) is 16.6 Å². The third-order valence-corrected chi connectivity index (χ3v) is 10.3. The summed E-state index contributed by atoms with van der Waals surface area (Å²) in [5.41, 5.74) is 0.755. The van der Waals surface area contributed by atoms with Gasteiger partial charge in [0.25, 0.3) is 5.91 Å². The van der Waals surface area contributed by atoms with Gasteiger partial charge in [0.15, 0.2) is 0 Å². The standard InChI is InChI=1S/C31H36N2O5S/c1-3-16-32(23-13-12-21-10-6-7-11-22(21)20-23)29(36)27-31-15-14-24(39-31)25(30(37)38-19-4-2)26(31)28(35)33(27)17-8-5-9-18-34/h3-4,6-7,10-13,20,24-27,34H,1-2,5,8-9,14-19H2/t24-,25+,26-,27?,31?/m0/s1. The van der Waals surface area contributed by atoms with Crippen molar-refractivity contribution >= 4 is 46.0 Å². The quantitative estimate of drug-likeness (QED) is 0.241. The number of nitrogens with zero attached hydrogens (tertiary/aromatic N) is 2. The number of amides is 2. The smallest absolute Gasteiger partial charge is 0.311 e. The molecule has 3 aliphatic heterocycles. The van der Waals surface area contributed by atoms with Crippen LogP contribution in [0.15, 0.2) is 67.8 Å². The third kappa shape index (κ3) is 4.78. The van der Waals surface area contributed by atoms with Gasteiger partial charge in [0.1, 0.15) is 12.6 Å². The van der Waals surface area contributed by atoms with Gasteiger partial charge in [0.2, 0.25) is 5.91 Å². The van der Waals surface area contributed by atoms with Crippen LogP contribution in [0.4, 0.5) is 5.69 Å². The number of esters is 1. The number of anilines is 1. The van der Waals surface area contributed by atoms with Crippen LogP contribution in [0.5, 0.6) is 0 Å². The van der Waals surface area contributed by atoms with Crippen LogP contribution in [0.2, 0.25) is 0 Å². The number of benzene rings is 2. The second-order valence-corrected chi connectivity index (χ2v) is 12.2. The Morgan fingerprint density at radius 3 is 2.67 bits per heavy atom. The highest BCUT2D eigenvalue weighted by molar-refractivity contribution is 8.02. The largest absolute Gasteiger partial charge is 0.461 e. The number of aliphatic hydroxyl groups is 1. The van der Waals surface area contributed by atoms with E-state index in [1.54, 1.807) is 27.6 Å². The monoisotopic (exact) mass is 548 g/mol. The fourth-order valence-corrected chi connectivity index (χ4v) is 8.89. The molecule has 2 unspecified atom stereocenters. The Morgan fingerprint density at radius 1 is 1.13 bits per heavy atom. The van der Waals surface area contributed by atoms with Crippen LogP contribution in [0, 0.1) is 11.8 Å². The van der Waals surface area contributed by atoms with Crippen LogP contribution in [0.25, 0.3) is 10.8 Å². The lowest BCUT2D eigenvalue weighted by Crippen LogP contribution is -2.55. The van der Waals surface area contributed by atoms with E-state index in [-0.39, 0.29) is 36.2 Å². The lowest BCUT2D eigenvalue weighted by molar-refractivity contribution is -0.153. The Balaban J connectivity index is 1.52. The normalized spacial score (nSPS) is 27.0. The number of hydrogen-bond donors (Lipinski definition) is 1. The van der Waals surface area contributed by atoms with Crippen LogP contribution >= 0.6 is 11.8 Å². The molecule has 5 atom stereocenters. The number of hydrogen-bond acceptors (Lipinski definition) is 6. The SMILES string of the molecule is C=CCOC(=O)[C@@H]1[C@@H]2CCC3(S2)C(C(=O)N(CC=C)c2ccc4ccccc4c2)N(CCCCCO)C(=O)[C@H]13. The van der Waals surface area contributed by atoms with E-state index in [1.165, 1.54) is 6.08 Å². The number of unbranched alkanes of at least 4 members (excludes halogenated alkanes) is 2. The molecule has 0 saturated carbocycles. The van der Waals surface area contributed by atoms with Gasteiger partial charge in [-0.2, -0.15) is 0 Å². The summed E-state index contributed by atoms with van der Waals surface area (Å²) in [7, 11) is 0. The summed E-state index contributed by atoms with van der Waals surface area (Å²) in [6, 6.07) is 13.3. The Kier molecular flexibility index (Phi) is 8.14. The summed E-state index contributed by atoms with van der Waals surface area (Å²) in [5.74, 6) is -1.81. The third-order valence-electron chi connectivity index (χ3n) is 8.33. The van der Waals surface area contributed by atoms with Crippen molar-refractivity contribution in [2.45, 2.75) is 48.1 Å². The number of likely N-dealkylation sites (tertiary alicyclic amines) is 1. The van der Waals surface area contributed by atoms with Crippen molar-refractivity contribution in [3.8, 4) is 0 Å². The van der Waals surface area contributed by atoms with Gasteiger partial charge in [-0.1, -0.05) is 49.1 Å². The molecule has 2 amide bonds. The number of thioether (sulfide) groups is 1. The molecule has 8 heteroatoms. The van der Waals surface area contributed by atoms with E-state index in [1.807, 2.05) is 42.5 Å². The molecule has 5 rings (SSSR count). The summed E-state index contributed by atoms with van der Waals surface area (Å²) in [5, 5.41) is 11.3. The minimum Gasteiger partial charge on any atom is -0.461 e. The van der Waals surface area contributed by atoms with Crippen LogP contribution in [-0.2, 0) is 19.1 Å². The molecule has 3 aliphatic rings. The molecule has 1 spiro atoms. The molecule has 1 N–H and O–H groups in total. The van der Waals surface area contributed by atoms with Crippen molar-refractivity contribution in [1.29, 1.82) is 0 Å². The van der Waals surface area contributed by atoms with Gasteiger partial charge in [0, 0.05) is 30.6 Å².